The van der Waals surface area contributed by atoms with Crippen molar-refractivity contribution in [3.63, 3.8) is 0 Å². The van der Waals surface area contributed by atoms with Crippen molar-refractivity contribution in [3.05, 3.63) is 41.5 Å². The molecule has 2 nitrogen and oxygen atoms in total. The molecule has 0 aliphatic heterocycles. The number of hydrogen-bond donors (Lipinski definition) is 0. The van der Waals surface area contributed by atoms with E-state index in [0.29, 0.717) is 11.8 Å². The molecule has 0 unspecified atom stereocenters. The van der Waals surface area contributed by atoms with Gasteiger partial charge in [-0.15, -0.1) is 0 Å². The number of ether oxygens (including phenoxy) is 1. The Morgan fingerprint density at radius 3 is 2.47 bits per heavy atom. The summed E-state index contributed by atoms with van der Waals surface area (Å²) in [6.07, 6.45) is 3.96. The van der Waals surface area contributed by atoms with Crippen LogP contribution in [0.2, 0.25) is 0 Å². The van der Waals surface area contributed by atoms with Crippen LogP contribution in [-0.2, 0) is 9.53 Å². The standard InChI is InChI=1S/C17H18O2/c1-19-17(18)16-13(10-5-3-2-4-6-10)14-11-7-8-12(9-11)15(14)16/h2-6,11-12,14-15H,7-9H2,1H3/t11-,12+,14-,15-/m1/s1. The number of carbonyl (C=O) groups excluding carboxylic acids is 1. The Morgan fingerprint density at radius 1 is 1.11 bits per heavy atom. The van der Waals surface area contributed by atoms with Gasteiger partial charge in [-0.1, -0.05) is 30.3 Å². The van der Waals surface area contributed by atoms with Gasteiger partial charge in [-0.3, -0.25) is 0 Å². The summed E-state index contributed by atoms with van der Waals surface area (Å²) in [5.74, 6) is 2.54. The molecule has 3 aliphatic carbocycles. The number of esters is 1. The van der Waals surface area contributed by atoms with Crippen LogP contribution in [0, 0.1) is 23.7 Å². The molecule has 19 heavy (non-hydrogen) atoms. The van der Waals surface area contributed by atoms with E-state index in [-0.39, 0.29) is 5.97 Å². The molecule has 0 heterocycles. The van der Waals surface area contributed by atoms with E-state index in [0.717, 1.165) is 17.4 Å². The summed E-state index contributed by atoms with van der Waals surface area (Å²) in [5, 5.41) is 0. The van der Waals surface area contributed by atoms with Crippen LogP contribution >= 0.6 is 0 Å². The number of hydrogen-bond acceptors (Lipinski definition) is 2. The maximum absolute atomic E-state index is 12.1. The summed E-state index contributed by atoms with van der Waals surface area (Å²) in [6.45, 7) is 0. The summed E-state index contributed by atoms with van der Waals surface area (Å²) >= 11 is 0. The molecule has 1 aromatic rings. The number of fused-ring (bicyclic) bond motifs is 5. The third-order valence-electron chi connectivity index (χ3n) is 5.36. The van der Waals surface area contributed by atoms with Crippen molar-refractivity contribution in [1.29, 1.82) is 0 Å². The fourth-order valence-corrected chi connectivity index (χ4v) is 4.71. The van der Waals surface area contributed by atoms with Crippen LogP contribution < -0.4 is 0 Å². The smallest absolute Gasteiger partial charge is 0.334 e. The first-order chi connectivity index (χ1) is 9.31. The van der Waals surface area contributed by atoms with Gasteiger partial charge in [-0.2, -0.15) is 0 Å². The van der Waals surface area contributed by atoms with Crippen LogP contribution in [0.15, 0.2) is 35.9 Å². The second-order valence-corrected chi connectivity index (χ2v) is 6.07. The molecule has 0 radical (unpaired) electrons. The minimum atomic E-state index is -0.104. The van der Waals surface area contributed by atoms with Crippen LogP contribution in [0.25, 0.3) is 5.57 Å². The lowest BCUT2D eigenvalue weighted by Crippen LogP contribution is -2.38. The van der Waals surface area contributed by atoms with Crippen molar-refractivity contribution >= 4 is 11.5 Å². The topological polar surface area (TPSA) is 26.3 Å². The Labute approximate surface area is 113 Å². The molecule has 2 fully saturated rings. The van der Waals surface area contributed by atoms with Gasteiger partial charge in [0.25, 0.3) is 0 Å². The highest BCUT2D eigenvalue weighted by atomic mass is 16.5. The zero-order valence-electron chi connectivity index (χ0n) is 11.1. The molecule has 0 N–H and O–H groups in total. The molecule has 2 bridgehead atoms. The molecule has 0 spiro atoms. The third kappa shape index (κ3) is 1.40. The predicted octanol–water partition coefficient (Wildman–Crippen LogP) is 3.29. The van der Waals surface area contributed by atoms with Gasteiger partial charge < -0.3 is 4.74 Å². The molecular weight excluding hydrogens is 236 g/mol. The SMILES string of the molecule is COC(=O)C1=C(c2ccccc2)[C@H]2[C@@H]3CC[C@@H](C3)[C@@H]12. The van der Waals surface area contributed by atoms with Gasteiger partial charge in [0.15, 0.2) is 0 Å². The molecule has 0 amide bonds. The minimum absolute atomic E-state index is 0.104. The van der Waals surface area contributed by atoms with E-state index in [9.17, 15) is 4.79 Å². The lowest BCUT2D eigenvalue weighted by atomic mass is 9.59. The second-order valence-electron chi connectivity index (χ2n) is 6.07. The molecule has 1 aromatic carbocycles. The van der Waals surface area contributed by atoms with E-state index >= 15 is 0 Å². The first-order valence-corrected chi connectivity index (χ1v) is 7.19. The molecule has 4 atom stereocenters. The predicted molar refractivity (Wildman–Crippen MR) is 73.2 cm³/mol. The monoisotopic (exact) mass is 254 g/mol. The zero-order valence-corrected chi connectivity index (χ0v) is 11.1. The Bertz CT molecular complexity index is 558. The minimum Gasteiger partial charge on any atom is -0.466 e. The van der Waals surface area contributed by atoms with Gasteiger partial charge in [-0.05, 0) is 48.2 Å². The lowest BCUT2D eigenvalue weighted by molar-refractivity contribution is -0.137. The molecule has 98 valence electrons. The van der Waals surface area contributed by atoms with Crippen molar-refractivity contribution in [1.82, 2.24) is 0 Å². The lowest BCUT2D eigenvalue weighted by Gasteiger charge is -2.44. The van der Waals surface area contributed by atoms with Crippen LogP contribution in [-0.4, -0.2) is 13.1 Å². The number of carbonyl (C=O) groups is 1. The normalized spacial score (nSPS) is 35.0. The Morgan fingerprint density at radius 2 is 1.79 bits per heavy atom. The average Bonchev–Trinajstić information content (AvgIpc) is 2.97. The average molecular weight is 254 g/mol. The second kappa shape index (κ2) is 3.96. The molecule has 2 saturated carbocycles. The van der Waals surface area contributed by atoms with Crippen molar-refractivity contribution < 1.29 is 9.53 Å². The molecule has 4 rings (SSSR count). The van der Waals surface area contributed by atoms with Crippen LogP contribution in [0.4, 0.5) is 0 Å². The van der Waals surface area contributed by atoms with Crippen molar-refractivity contribution in [2.45, 2.75) is 19.3 Å². The Hall–Kier alpha value is -1.57. The van der Waals surface area contributed by atoms with Gasteiger partial charge in [0, 0.05) is 11.5 Å². The highest BCUT2D eigenvalue weighted by Crippen LogP contribution is 2.66. The third-order valence-corrected chi connectivity index (χ3v) is 5.36. The zero-order chi connectivity index (χ0) is 13.0. The van der Waals surface area contributed by atoms with E-state index in [1.54, 1.807) is 0 Å². The van der Waals surface area contributed by atoms with Gasteiger partial charge in [0.05, 0.1) is 7.11 Å². The van der Waals surface area contributed by atoms with Crippen LogP contribution in [0.5, 0.6) is 0 Å². The van der Waals surface area contributed by atoms with Gasteiger partial charge in [-0.25, -0.2) is 4.79 Å². The molecule has 2 heteroatoms. The molecule has 0 saturated heterocycles. The van der Waals surface area contributed by atoms with E-state index in [1.165, 1.54) is 37.5 Å². The highest BCUT2D eigenvalue weighted by molar-refractivity contribution is 6.03. The highest BCUT2D eigenvalue weighted by Gasteiger charge is 2.58. The van der Waals surface area contributed by atoms with E-state index in [1.807, 2.05) is 6.07 Å². The fourth-order valence-electron chi connectivity index (χ4n) is 4.71. The summed E-state index contributed by atoms with van der Waals surface area (Å²) in [4.78, 5) is 12.1. The maximum atomic E-state index is 12.1. The number of benzene rings is 1. The Balaban J connectivity index is 1.82. The van der Waals surface area contributed by atoms with E-state index in [2.05, 4.69) is 24.3 Å². The van der Waals surface area contributed by atoms with Crippen LogP contribution in [0.3, 0.4) is 0 Å². The van der Waals surface area contributed by atoms with Gasteiger partial charge in [0.2, 0.25) is 0 Å². The Kier molecular flexibility index (Phi) is 2.35. The van der Waals surface area contributed by atoms with E-state index < -0.39 is 0 Å². The molecule has 0 aromatic heterocycles. The summed E-state index contributed by atoms with van der Waals surface area (Å²) in [6, 6.07) is 10.4. The van der Waals surface area contributed by atoms with Crippen molar-refractivity contribution in [2.24, 2.45) is 23.7 Å². The van der Waals surface area contributed by atoms with Gasteiger partial charge >= 0.3 is 5.97 Å². The summed E-state index contributed by atoms with van der Waals surface area (Å²) < 4.78 is 5.02. The molecular formula is C17H18O2. The number of methoxy groups -OCH3 is 1. The first kappa shape index (κ1) is 11.3. The van der Waals surface area contributed by atoms with Crippen LogP contribution in [0.1, 0.15) is 24.8 Å². The summed E-state index contributed by atoms with van der Waals surface area (Å²) in [5.41, 5.74) is 3.48. The summed E-state index contributed by atoms with van der Waals surface area (Å²) in [7, 11) is 1.50. The van der Waals surface area contributed by atoms with E-state index in [4.69, 9.17) is 4.74 Å². The van der Waals surface area contributed by atoms with Gasteiger partial charge in [0.1, 0.15) is 0 Å². The van der Waals surface area contributed by atoms with Crippen molar-refractivity contribution in [2.75, 3.05) is 7.11 Å². The fraction of sp³-hybridized carbons (Fsp3) is 0.471. The largest absolute Gasteiger partial charge is 0.466 e. The maximum Gasteiger partial charge on any atom is 0.334 e. The molecule has 3 aliphatic rings. The number of allylic oxidation sites excluding steroid dienone is 1. The van der Waals surface area contributed by atoms with Crippen molar-refractivity contribution in [3.8, 4) is 0 Å². The first-order valence-electron chi connectivity index (χ1n) is 7.19. The number of rotatable bonds is 2. The quantitative estimate of drug-likeness (QED) is 0.757.